The van der Waals surface area contributed by atoms with Crippen LogP contribution in [0.1, 0.15) is 10.4 Å². The van der Waals surface area contributed by atoms with E-state index in [1.165, 1.54) is 6.07 Å². The van der Waals surface area contributed by atoms with Crippen molar-refractivity contribution in [3.8, 4) is 0 Å². The molecule has 0 aliphatic heterocycles. The summed E-state index contributed by atoms with van der Waals surface area (Å²) in [7, 11) is -3.95. The van der Waals surface area contributed by atoms with E-state index in [0.717, 1.165) is 21.5 Å². The van der Waals surface area contributed by atoms with Crippen LogP contribution in [0.25, 0.3) is 10.8 Å². The van der Waals surface area contributed by atoms with Crippen molar-refractivity contribution in [1.29, 1.82) is 0 Å². The second kappa shape index (κ2) is 7.64. The number of carbonyl (C=O) groups is 1. The highest BCUT2D eigenvalue weighted by Gasteiger charge is 2.21. The van der Waals surface area contributed by atoms with E-state index < -0.39 is 15.9 Å². The monoisotopic (exact) mass is 689 g/mol. The molecule has 0 aromatic heterocycles. The molecule has 0 aliphatic rings. The molecule has 4 nitrogen and oxygen atoms in total. The van der Waals surface area contributed by atoms with Crippen LogP contribution in [0.15, 0.2) is 59.5 Å². The summed E-state index contributed by atoms with van der Waals surface area (Å²) in [6.07, 6.45) is 0. The lowest BCUT2D eigenvalue weighted by atomic mass is 10.1. The number of sulfonamides is 1. The first-order chi connectivity index (χ1) is 11.8. The van der Waals surface area contributed by atoms with Crippen molar-refractivity contribution in [2.24, 2.45) is 0 Å². The summed E-state index contributed by atoms with van der Waals surface area (Å²) in [4.78, 5) is 12.6. The van der Waals surface area contributed by atoms with E-state index in [1.807, 2.05) is 52.9 Å². The van der Waals surface area contributed by atoms with E-state index in [0.29, 0.717) is 5.56 Å². The van der Waals surface area contributed by atoms with Crippen molar-refractivity contribution < 1.29 is 13.2 Å². The van der Waals surface area contributed by atoms with Crippen molar-refractivity contribution in [2.45, 2.75) is 4.90 Å². The van der Waals surface area contributed by atoms with Crippen LogP contribution in [0.5, 0.6) is 0 Å². The summed E-state index contributed by atoms with van der Waals surface area (Å²) in [5, 5.41) is 1.74. The Labute approximate surface area is 186 Å². The van der Waals surface area contributed by atoms with Gasteiger partial charge in [-0.15, -0.1) is 0 Å². The summed E-state index contributed by atoms with van der Waals surface area (Å²) in [5.74, 6) is -0.631. The number of hydrogen-bond acceptors (Lipinski definition) is 3. The Morgan fingerprint density at radius 1 is 0.880 bits per heavy atom. The Hall–Kier alpha value is -0.470. The predicted octanol–water partition coefficient (Wildman–Crippen LogP) is 4.77. The molecule has 3 aromatic rings. The quantitative estimate of drug-likeness (QED) is 0.319. The normalized spacial score (nSPS) is 11.5. The highest BCUT2D eigenvalue weighted by Crippen LogP contribution is 2.24. The summed E-state index contributed by atoms with van der Waals surface area (Å²) >= 11 is 6.28. The van der Waals surface area contributed by atoms with Gasteiger partial charge in [-0.3, -0.25) is 4.79 Å². The predicted molar refractivity (Wildman–Crippen MR) is 123 cm³/mol. The lowest BCUT2D eigenvalue weighted by molar-refractivity contribution is 0.0980. The van der Waals surface area contributed by atoms with Gasteiger partial charge in [0.15, 0.2) is 0 Å². The van der Waals surface area contributed by atoms with Gasteiger partial charge < -0.3 is 0 Å². The topological polar surface area (TPSA) is 63.2 Å². The molecule has 3 aromatic carbocycles. The van der Waals surface area contributed by atoms with Crippen LogP contribution in [0.4, 0.5) is 0 Å². The van der Waals surface area contributed by atoms with Gasteiger partial charge in [0.1, 0.15) is 0 Å². The van der Waals surface area contributed by atoms with Gasteiger partial charge in [-0.1, -0.05) is 30.3 Å². The lowest BCUT2D eigenvalue weighted by Crippen LogP contribution is -2.31. The van der Waals surface area contributed by atoms with Gasteiger partial charge in [-0.25, -0.2) is 13.1 Å². The van der Waals surface area contributed by atoms with Gasteiger partial charge in [0.25, 0.3) is 15.9 Å². The zero-order valence-corrected chi connectivity index (χ0v) is 19.8. The molecular weight excluding hydrogens is 679 g/mol. The minimum atomic E-state index is -3.95. The van der Waals surface area contributed by atoms with Gasteiger partial charge in [-0.2, -0.15) is 0 Å². The molecule has 0 bridgehead atoms. The largest absolute Gasteiger partial charge is 0.268 e. The van der Waals surface area contributed by atoms with E-state index >= 15 is 0 Å². The molecule has 0 saturated carbocycles. The number of halogens is 3. The van der Waals surface area contributed by atoms with Gasteiger partial charge in [-0.05, 0) is 103 Å². The minimum Gasteiger partial charge on any atom is -0.268 e. The Morgan fingerprint density at radius 3 is 2.28 bits per heavy atom. The summed E-state index contributed by atoms with van der Waals surface area (Å²) in [5.41, 5.74) is 0.348. The molecular formula is C17H10I3NO3S. The highest BCUT2D eigenvalue weighted by molar-refractivity contribution is 14.1. The van der Waals surface area contributed by atoms with E-state index in [1.54, 1.807) is 18.2 Å². The van der Waals surface area contributed by atoms with E-state index in [4.69, 9.17) is 0 Å². The van der Waals surface area contributed by atoms with Crippen LogP contribution in [0.3, 0.4) is 0 Å². The smallest absolute Gasteiger partial charge is 0.266 e. The molecule has 1 amide bonds. The molecule has 0 unspecified atom stereocenters. The maximum Gasteiger partial charge on any atom is 0.266 e. The average Bonchev–Trinajstić information content (AvgIpc) is 2.57. The first kappa shape index (κ1) is 19.3. The van der Waals surface area contributed by atoms with Crippen molar-refractivity contribution >= 4 is 94.5 Å². The van der Waals surface area contributed by atoms with E-state index in [-0.39, 0.29) is 4.90 Å². The third kappa shape index (κ3) is 4.27. The fourth-order valence-electron chi connectivity index (χ4n) is 2.29. The Kier molecular flexibility index (Phi) is 5.90. The average molecular weight is 689 g/mol. The number of benzene rings is 3. The Bertz CT molecular complexity index is 1100. The molecule has 128 valence electrons. The molecule has 8 heteroatoms. The van der Waals surface area contributed by atoms with Crippen LogP contribution >= 0.6 is 67.8 Å². The maximum atomic E-state index is 12.6. The molecule has 1 N–H and O–H groups in total. The number of carbonyl (C=O) groups excluding carboxylic acids is 1. The first-order valence-electron chi connectivity index (χ1n) is 6.98. The van der Waals surface area contributed by atoms with E-state index in [9.17, 15) is 13.2 Å². The highest BCUT2D eigenvalue weighted by atomic mass is 127. The molecule has 3 rings (SSSR count). The zero-order chi connectivity index (χ0) is 18.2. The molecule has 0 saturated heterocycles. The van der Waals surface area contributed by atoms with Gasteiger partial charge in [0.2, 0.25) is 0 Å². The number of amides is 1. The first-order valence-corrected chi connectivity index (χ1v) is 11.7. The molecule has 25 heavy (non-hydrogen) atoms. The van der Waals surface area contributed by atoms with Gasteiger partial charge >= 0.3 is 0 Å². The second-order valence-corrected chi connectivity index (χ2v) is 10.4. The third-order valence-corrected chi connectivity index (χ3v) is 8.49. The standard InChI is InChI=1S/C17H10I3NO3S/c18-12-8-14(16(20)15(19)9-12)17(22)21-25(23,24)13-6-5-10-3-1-2-4-11(10)7-13/h1-9H,(H,21,22). The molecule has 0 fully saturated rings. The SMILES string of the molecule is O=C(NS(=O)(=O)c1ccc2ccccc2c1)c1cc(I)cc(I)c1I. The molecule has 0 spiro atoms. The van der Waals surface area contributed by atoms with Crippen molar-refractivity contribution in [3.63, 3.8) is 0 Å². The summed E-state index contributed by atoms with van der Waals surface area (Å²) in [6, 6.07) is 15.9. The fourth-order valence-corrected chi connectivity index (χ4v) is 5.69. The van der Waals surface area contributed by atoms with Crippen LogP contribution in [0, 0.1) is 10.7 Å². The van der Waals surface area contributed by atoms with Crippen molar-refractivity contribution in [1.82, 2.24) is 4.72 Å². The molecule has 0 atom stereocenters. The van der Waals surface area contributed by atoms with Gasteiger partial charge in [0, 0.05) is 10.7 Å². The number of fused-ring (bicyclic) bond motifs is 1. The number of hydrogen-bond donors (Lipinski definition) is 1. The second-order valence-electron chi connectivity index (χ2n) is 5.19. The van der Waals surface area contributed by atoms with E-state index in [2.05, 4.69) is 49.9 Å². The molecule has 0 aliphatic carbocycles. The Morgan fingerprint density at radius 2 is 1.56 bits per heavy atom. The lowest BCUT2D eigenvalue weighted by Gasteiger charge is -2.10. The van der Waals surface area contributed by atoms with Gasteiger partial charge in [0.05, 0.1) is 10.5 Å². The minimum absolute atomic E-state index is 0.0647. The van der Waals surface area contributed by atoms with Crippen molar-refractivity contribution in [2.75, 3.05) is 0 Å². The van der Waals surface area contributed by atoms with Crippen LogP contribution in [-0.2, 0) is 10.0 Å². The molecule has 0 radical (unpaired) electrons. The Balaban J connectivity index is 1.96. The van der Waals surface area contributed by atoms with Crippen molar-refractivity contribution in [3.05, 3.63) is 70.9 Å². The number of rotatable bonds is 3. The zero-order valence-electron chi connectivity index (χ0n) is 12.5. The molecule has 0 heterocycles. The fraction of sp³-hybridized carbons (Fsp3) is 0. The van der Waals surface area contributed by atoms with Crippen LogP contribution in [0.2, 0.25) is 0 Å². The summed E-state index contributed by atoms with van der Waals surface area (Å²) in [6.45, 7) is 0. The summed E-state index contributed by atoms with van der Waals surface area (Å²) < 4.78 is 29.9. The third-order valence-electron chi connectivity index (χ3n) is 3.50. The maximum absolute atomic E-state index is 12.6. The van der Waals surface area contributed by atoms with Crippen LogP contribution in [-0.4, -0.2) is 14.3 Å². The van der Waals surface area contributed by atoms with Crippen LogP contribution < -0.4 is 4.72 Å². The number of nitrogens with one attached hydrogen (secondary N) is 1.